The first kappa shape index (κ1) is 20.7. The maximum Gasteiger partial charge on any atom is 0.262 e. The molecule has 1 fully saturated rings. The minimum Gasteiger partial charge on any atom is -0.373 e. The van der Waals surface area contributed by atoms with E-state index in [0.717, 1.165) is 11.3 Å². The number of likely N-dealkylation sites (tertiary alicyclic amines) is 1. The number of anilines is 2. The van der Waals surface area contributed by atoms with Crippen molar-refractivity contribution < 1.29 is 14.4 Å². The lowest BCUT2D eigenvalue weighted by molar-refractivity contribution is -0.144. The van der Waals surface area contributed by atoms with Gasteiger partial charge in [-0.2, -0.15) is 0 Å². The van der Waals surface area contributed by atoms with Crippen LogP contribution in [0.5, 0.6) is 0 Å². The van der Waals surface area contributed by atoms with Crippen LogP contribution in [0, 0.1) is 6.92 Å². The number of carbonyl (C=O) groups excluding carboxylic acids is 1. The Labute approximate surface area is 189 Å². The number of rotatable bonds is 5. The first-order chi connectivity index (χ1) is 15.9. The molecule has 0 saturated carbocycles. The van der Waals surface area contributed by atoms with Crippen molar-refractivity contribution in [1.29, 1.82) is 0 Å². The third kappa shape index (κ3) is 3.80. The van der Waals surface area contributed by atoms with E-state index in [9.17, 15) is 9.90 Å². The second-order valence-electron chi connectivity index (χ2n) is 7.90. The van der Waals surface area contributed by atoms with Crippen molar-refractivity contribution in [3.63, 3.8) is 0 Å². The molecule has 0 spiro atoms. The van der Waals surface area contributed by atoms with E-state index < -0.39 is 11.5 Å². The predicted molar refractivity (Wildman–Crippen MR) is 119 cm³/mol. The van der Waals surface area contributed by atoms with E-state index in [0.29, 0.717) is 35.3 Å². The Hall–Kier alpha value is -4.18. The van der Waals surface area contributed by atoms with Crippen LogP contribution in [-0.2, 0) is 10.4 Å². The quantitative estimate of drug-likeness (QED) is 0.478. The molecule has 10 heteroatoms. The van der Waals surface area contributed by atoms with Crippen LogP contribution in [0.1, 0.15) is 17.7 Å². The standard InChI is InChI=1S/C23H21N7O3/c1-14-6-9-24-13-19(14)28-22-25-10-7-17(27-22)15-4-3-5-16(26-15)18-12-20(33-29-18)23(32)8-11-30(2)21(23)31/h3-7,9-10,12-13,32H,8,11H2,1-2H3,(H,25,27,28)/t23-/m1/s1. The fraction of sp³-hybridized carbons (Fsp3) is 0.217. The molecule has 0 radical (unpaired) electrons. The summed E-state index contributed by atoms with van der Waals surface area (Å²) in [5, 5.41) is 18.0. The lowest BCUT2D eigenvalue weighted by atomic mass is 9.98. The molecule has 1 aliphatic heterocycles. The van der Waals surface area contributed by atoms with Crippen LogP contribution in [0.25, 0.3) is 22.8 Å². The summed E-state index contributed by atoms with van der Waals surface area (Å²) in [7, 11) is 1.64. The predicted octanol–water partition coefficient (Wildman–Crippen LogP) is 2.69. The van der Waals surface area contributed by atoms with Gasteiger partial charge in [-0.25, -0.2) is 15.0 Å². The number of likely N-dealkylation sites (N-methyl/N-ethyl adjacent to an activating group) is 1. The van der Waals surface area contributed by atoms with Gasteiger partial charge >= 0.3 is 0 Å². The average molecular weight is 443 g/mol. The summed E-state index contributed by atoms with van der Waals surface area (Å²) < 4.78 is 5.34. The van der Waals surface area contributed by atoms with Gasteiger partial charge in [0.25, 0.3) is 5.91 Å². The number of carbonyl (C=O) groups is 1. The van der Waals surface area contributed by atoms with E-state index in [-0.39, 0.29) is 12.2 Å². The Morgan fingerprint density at radius 2 is 1.88 bits per heavy atom. The van der Waals surface area contributed by atoms with Crippen LogP contribution >= 0.6 is 0 Å². The van der Waals surface area contributed by atoms with E-state index in [1.807, 2.05) is 25.1 Å². The summed E-state index contributed by atoms with van der Waals surface area (Å²) in [6.45, 7) is 2.42. The van der Waals surface area contributed by atoms with Gasteiger partial charge in [0.05, 0.1) is 29.0 Å². The van der Waals surface area contributed by atoms with E-state index in [1.165, 1.54) is 4.90 Å². The smallest absolute Gasteiger partial charge is 0.262 e. The van der Waals surface area contributed by atoms with Gasteiger partial charge in [-0.1, -0.05) is 11.2 Å². The SMILES string of the molecule is Cc1ccncc1Nc1nccc(-c2cccc(-c3cc([C@]4(O)CCN(C)C4=O)on3)n2)n1. The number of hydrogen-bond acceptors (Lipinski definition) is 9. The lowest BCUT2D eigenvalue weighted by Gasteiger charge is -2.16. The Morgan fingerprint density at radius 1 is 1.09 bits per heavy atom. The van der Waals surface area contributed by atoms with Crippen LogP contribution in [-0.4, -0.2) is 54.6 Å². The van der Waals surface area contributed by atoms with Gasteiger partial charge in [0.1, 0.15) is 5.69 Å². The summed E-state index contributed by atoms with van der Waals surface area (Å²) in [6.07, 6.45) is 5.34. The largest absolute Gasteiger partial charge is 0.373 e. The molecule has 5 heterocycles. The van der Waals surface area contributed by atoms with Gasteiger partial charge < -0.3 is 19.8 Å². The number of hydrogen-bond donors (Lipinski definition) is 2. The Kier molecular flexibility index (Phi) is 5.06. The zero-order valence-electron chi connectivity index (χ0n) is 18.1. The Morgan fingerprint density at radius 3 is 2.64 bits per heavy atom. The molecule has 4 aromatic rings. The molecule has 5 rings (SSSR count). The van der Waals surface area contributed by atoms with E-state index in [2.05, 4.69) is 30.4 Å². The minimum absolute atomic E-state index is 0.111. The fourth-order valence-corrected chi connectivity index (χ4v) is 3.67. The molecule has 0 aliphatic carbocycles. The maximum atomic E-state index is 12.3. The number of amides is 1. The highest BCUT2D eigenvalue weighted by Gasteiger charge is 2.48. The molecule has 4 aromatic heterocycles. The molecule has 1 atom stereocenters. The van der Waals surface area contributed by atoms with Gasteiger partial charge in [-0.05, 0) is 36.8 Å². The number of aryl methyl sites for hydroxylation is 1. The van der Waals surface area contributed by atoms with Gasteiger partial charge in [0.15, 0.2) is 5.76 Å². The number of aliphatic hydroxyl groups is 1. The van der Waals surface area contributed by atoms with Crippen LogP contribution in [0.2, 0.25) is 0 Å². The van der Waals surface area contributed by atoms with Crippen molar-refractivity contribution in [1.82, 2.24) is 30.0 Å². The number of pyridine rings is 2. The summed E-state index contributed by atoms with van der Waals surface area (Å²) in [4.78, 5) is 31.4. The van der Waals surface area contributed by atoms with Crippen LogP contribution in [0.15, 0.2) is 59.5 Å². The zero-order chi connectivity index (χ0) is 23.0. The van der Waals surface area contributed by atoms with E-state index in [4.69, 9.17) is 4.52 Å². The van der Waals surface area contributed by atoms with Crippen molar-refractivity contribution in [2.24, 2.45) is 0 Å². The third-order valence-electron chi connectivity index (χ3n) is 5.64. The first-order valence-corrected chi connectivity index (χ1v) is 10.4. The highest BCUT2D eigenvalue weighted by Crippen LogP contribution is 2.34. The van der Waals surface area contributed by atoms with Gasteiger partial charge in [0, 0.05) is 38.5 Å². The van der Waals surface area contributed by atoms with Crippen molar-refractivity contribution in [3.05, 3.63) is 66.3 Å². The fourth-order valence-electron chi connectivity index (χ4n) is 3.67. The summed E-state index contributed by atoms with van der Waals surface area (Å²) >= 11 is 0. The molecule has 1 aliphatic rings. The molecule has 0 bridgehead atoms. The molecular weight excluding hydrogens is 422 g/mol. The number of nitrogens with one attached hydrogen (secondary N) is 1. The Bertz CT molecular complexity index is 1340. The monoisotopic (exact) mass is 443 g/mol. The molecule has 0 aromatic carbocycles. The highest BCUT2D eigenvalue weighted by molar-refractivity contribution is 5.87. The molecule has 1 saturated heterocycles. The molecule has 2 N–H and O–H groups in total. The van der Waals surface area contributed by atoms with Crippen LogP contribution in [0.3, 0.4) is 0 Å². The van der Waals surface area contributed by atoms with Gasteiger partial charge in [-0.15, -0.1) is 0 Å². The Balaban J connectivity index is 1.42. The van der Waals surface area contributed by atoms with Crippen LogP contribution in [0.4, 0.5) is 11.6 Å². The van der Waals surface area contributed by atoms with Gasteiger partial charge in [-0.3, -0.25) is 9.78 Å². The van der Waals surface area contributed by atoms with Gasteiger partial charge in [0.2, 0.25) is 11.5 Å². The summed E-state index contributed by atoms with van der Waals surface area (Å²) in [5.41, 5.74) is 2.31. The third-order valence-corrected chi connectivity index (χ3v) is 5.64. The molecular formula is C23H21N7O3. The van der Waals surface area contributed by atoms with Crippen molar-refractivity contribution in [2.45, 2.75) is 18.9 Å². The molecule has 10 nitrogen and oxygen atoms in total. The number of nitrogens with zero attached hydrogens (tertiary/aromatic N) is 6. The minimum atomic E-state index is -1.70. The molecule has 1 amide bonds. The van der Waals surface area contributed by atoms with E-state index in [1.54, 1.807) is 43.8 Å². The normalized spacial score (nSPS) is 18.0. The molecule has 166 valence electrons. The first-order valence-electron chi connectivity index (χ1n) is 10.4. The van der Waals surface area contributed by atoms with Crippen molar-refractivity contribution in [3.8, 4) is 22.8 Å². The lowest BCUT2D eigenvalue weighted by Crippen LogP contribution is -2.35. The summed E-state index contributed by atoms with van der Waals surface area (Å²) in [5.74, 6) is 0.127. The maximum absolute atomic E-state index is 12.3. The summed E-state index contributed by atoms with van der Waals surface area (Å²) in [6, 6.07) is 10.7. The second-order valence-corrected chi connectivity index (χ2v) is 7.90. The molecule has 33 heavy (non-hydrogen) atoms. The second kappa shape index (κ2) is 8.06. The van der Waals surface area contributed by atoms with Crippen LogP contribution < -0.4 is 5.32 Å². The average Bonchev–Trinajstić information content (AvgIpc) is 3.43. The topological polar surface area (TPSA) is 130 Å². The zero-order valence-corrected chi connectivity index (χ0v) is 18.1. The molecule has 0 unspecified atom stereocenters. The highest BCUT2D eigenvalue weighted by atomic mass is 16.5. The van der Waals surface area contributed by atoms with Crippen molar-refractivity contribution in [2.75, 3.05) is 18.9 Å². The number of aromatic nitrogens is 5. The van der Waals surface area contributed by atoms with E-state index >= 15 is 0 Å². The van der Waals surface area contributed by atoms with Crippen molar-refractivity contribution >= 4 is 17.5 Å².